The SMILES string of the molecule is CC(=O)NC1C2CC1CN(c1nnc(-c3cnc(-c4ccc5cc(C#N)cnn45)cc3NC3(C)COC3)s1)C2. The summed E-state index contributed by atoms with van der Waals surface area (Å²) in [5.41, 5.74) is 4.54. The van der Waals surface area contributed by atoms with Crippen LogP contribution in [0.3, 0.4) is 0 Å². The summed E-state index contributed by atoms with van der Waals surface area (Å²) in [7, 11) is 0. The molecule has 4 fully saturated rings. The molecule has 7 heterocycles. The second-order valence-electron chi connectivity index (χ2n) is 11.0. The van der Waals surface area contributed by atoms with Gasteiger partial charge in [0, 0.05) is 37.9 Å². The van der Waals surface area contributed by atoms with Crippen molar-refractivity contribution in [1.82, 2.24) is 30.1 Å². The monoisotopic (exact) mass is 541 g/mol. The molecule has 2 N–H and O–H groups in total. The molecule has 0 spiro atoms. The van der Waals surface area contributed by atoms with Crippen molar-refractivity contribution >= 4 is 33.6 Å². The van der Waals surface area contributed by atoms with E-state index in [0.717, 1.165) is 57.8 Å². The zero-order valence-corrected chi connectivity index (χ0v) is 22.4. The summed E-state index contributed by atoms with van der Waals surface area (Å²) >= 11 is 1.56. The molecule has 1 amide bonds. The summed E-state index contributed by atoms with van der Waals surface area (Å²) in [5.74, 6) is 0.941. The van der Waals surface area contributed by atoms with Crippen LogP contribution < -0.4 is 15.5 Å². The molecule has 12 heteroatoms. The van der Waals surface area contributed by atoms with Crippen LogP contribution in [0.2, 0.25) is 0 Å². The number of aromatic nitrogens is 5. The minimum absolute atomic E-state index is 0.0405. The average Bonchev–Trinajstić information content (AvgIpc) is 3.58. The molecule has 3 saturated heterocycles. The van der Waals surface area contributed by atoms with Crippen molar-refractivity contribution in [2.45, 2.75) is 31.8 Å². The van der Waals surface area contributed by atoms with Gasteiger partial charge in [-0.15, -0.1) is 10.2 Å². The number of amides is 1. The van der Waals surface area contributed by atoms with Crippen LogP contribution in [0.25, 0.3) is 27.5 Å². The van der Waals surface area contributed by atoms with Crippen LogP contribution in [0.4, 0.5) is 10.8 Å². The molecule has 0 aromatic carbocycles. The largest absolute Gasteiger partial charge is 0.376 e. The Kier molecular flexibility index (Phi) is 5.54. The Morgan fingerprint density at radius 3 is 2.74 bits per heavy atom. The molecule has 0 radical (unpaired) electrons. The van der Waals surface area contributed by atoms with E-state index in [-0.39, 0.29) is 17.5 Å². The molecule has 2 unspecified atom stereocenters. The number of ether oxygens (including phenoxy) is 1. The highest BCUT2D eigenvalue weighted by molar-refractivity contribution is 7.18. The van der Waals surface area contributed by atoms with Gasteiger partial charge in [0.15, 0.2) is 5.01 Å². The van der Waals surface area contributed by atoms with Gasteiger partial charge in [-0.3, -0.25) is 9.78 Å². The van der Waals surface area contributed by atoms with E-state index in [1.165, 1.54) is 0 Å². The van der Waals surface area contributed by atoms with Crippen molar-refractivity contribution in [2.75, 3.05) is 36.5 Å². The molecule has 4 aromatic rings. The number of anilines is 2. The molecule has 1 aliphatic carbocycles. The van der Waals surface area contributed by atoms with Gasteiger partial charge in [-0.2, -0.15) is 10.4 Å². The number of rotatable bonds is 6. The quantitative estimate of drug-likeness (QED) is 0.378. The van der Waals surface area contributed by atoms with E-state index >= 15 is 0 Å². The number of fused-ring (bicyclic) bond motifs is 3. The van der Waals surface area contributed by atoms with E-state index in [4.69, 9.17) is 9.72 Å². The number of hydrogen-bond acceptors (Lipinski definition) is 10. The Labute approximate surface area is 228 Å². The molecule has 4 aliphatic rings. The second-order valence-corrected chi connectivity index (χ2v) is 11.9. The highest BCUT2D eigenvalue weighted by Crippen LogP contribution is 2.44. The summed E-state index contributed by atoms with van der Waals surface area (Å²) in [4.78, 5) is 18.6. The van der Waals surface area contributed by atoms with Crippen molar-refractivity contribution in [2.24, 2.45) is 11.8 Å². The number of piperidine rings is 2. The molecular weight excluding hydrogens is 514 g/mol. The molecule has 8 rings (SSSR count). The van der Waals surface area contributed by atoms with Gasteiger partial charge >= 0.3 is 0 Å². The van der Waals surface area contributed by atoms with Gasteiger partial charge in [0.2, 0.25) is 11.0 Å². The third-order valence-electron chi connectivity index (χ3n) is 7.89. The molecular formula is C27H27N9O2S. The van der Waals surface area contributed by atoms with Gasteiger partial charge in [0.05, 0.1) is 53.0 Å². The molecule has 2 bridgehead atoms. The zero-order valence-electron chi connectivity index (χ0n) is 21.6. The molecule has 198 valence electrons. The lowest BCUT2D eigenvalue weighted by atomic mass is 9.66. The van der Waals surface area contributed by atoms with Gasteiger partial charge in [0.1, 0.15) is 6.07 Å². The predicted octanol–water partition coefficient (Wildman–Crippen LogP) is 2.95. The predicted molar refractivity (Wildman–Crippen MR) is 146 cm³/mol. The van der Waals surface area contributed by atoms with Crippen LogP contribution in [0.1, 0.15) is 25.8 Å². The van der Waals surface area contributed by atoms with Gasteiger partial charge in [0.25, 0.3) is 0 Å². The van der Waals surface area contributed by atoms with E-state index in [9.17, 15) is 10.1 Å². The first kappa shape index (κ1) is 24.0. The molecule has 11 nitrogen and oxygen atoms in total. The van der Waals surface area contributed by atoms with E-state index in [2.05, 4.69) is 43.8 Å². The fourth-order valence-corrected chi connectivity index (χ4v) is 6.78. The number of carbonyl (C=O) groups is 1. The second kappa shape index (κ2) is 9.00. The first-order valence-corrected chi connectivity index (χ1v) is 13.8. The minimum atomic E-state index is -0.186. The third kappa shape index (κ3) is 4.18. The summed E-state index contributed by atoms with van der Waals surface area (Å²) in [6.45, 7) is 6.69. The summed E-state index contributed by atoms with van der Waals surface area (Å²) in [5, 5.41) is 31.2. The highest BCUT2D eigenvalue weighted by atomic mass is 32.1. The lowest BCUT2D eigenvalue weighted by Gasteiger charge is -2.53. The van der Waals surface area contributed by atoms with Crippen molar-refractivity contribution in [3.8, 4) is 28.0 Å². The van der Waals surface area contributed by atoms with Crippen molar-refractivity contribution in [3.05, 3.63) is 42.2 Å². The number of carbonyl (C=O) groups excluding carboxylic acids is 1. The molecule has 39 heavy (non-hydrogen) atoms. The van der Waals surface area contributed by atoms with Crippen molar-refractivity contribution in [3.63, 3.8) is 0 Å². The highest BCUT2D eigenvalue weighted by Gasteiger charge is 2.47. The smallest absolute Gasteiger partial charge is 0.217 e. The van der Waals surface area contributed by atoms with Crippen LogP contribution in [0, 0.1) is 23.2 Å². The molecule has 3 aliphatic heterocycles. The number of nitriles is 1. The Hall–Kier alpha value is -4.08. The summed E-state index contributed by atoms with van der Waals surface area (Å²) < 4.78 is 7.28. The van der Waals surface area contributed by atoms with Crippen LogP contribution in [0.15, 0.2) is 36.7 Å². The summed E-state index contributed by atoms with van der Waals surface area (Å²) in [6.07, 6.45) is 4.55. The van der Waals surface area contributed by atoms with Crippen LogP contribution in [0.5, 0.6) is 0 Å². The van der Waals surface area contributed by atoms with E-state index < -0.39 is 0 Å². The zero-order chi connectivity index (χ0) is 26.7. The van der Waals surface area contributed by atoms with Gasteiger partial charge < -0.3 is 20.3 Å². The maximum absolute atomic E-state index is 11.6. The van der Waals surface area contributed by atoms with Crippen LogP contribution in [-0.4, -0.2) is 68.6 Å². The lowest BCUT2D eigenvalue weighted by molar-refractivity contribution is -0.122. The minimum Gasteiger partial charge on any atom is -0.376 e. The van der Waals surface area contributed by atoms with Gasteiger partial charge in [-0.1, -0.05) is 11.3 Å². The Balaban J connectivity index is 1.20. The fourth-order valence-electron chi connectivity index (χ4n) is 5.90. The molecule has 2 atom stereocenters. The maximum Gasteiger partial charge on any atom is 0.217 e. The van der Waals surface area contributed by atoms with Crippen LogP contribution >= 0.6 is 11.3 Å². The third-order valence-corrected chi connectivity index (χ3v) is 8.91. The van der Waals surface area contributed by atoms with E-state index in [0.29, 0.717) is 30.6 Å². The Morgan fingerprint density at radius 1 is 1.21 bits per heavy atom. The Morgan fingerprint density at radius 2 is 2.03 bits per heavy atom. The molecule has 4 aromatic heterocycles. The normalized spacial score (nSPS) is 23.0. The van der Waals surface area contributed by atoms with Gasteiger partial charge in [-0.25, -0.2) is 4.52 Å². The van der Waals surface area contributed by atoms with E-state index in [1.54, 1.807) is 29.0 Å². The number of nitrogens with one attached hydrogen (secondary N) is 2. The topological polar surface area (TPSA) is 133 Å². The lowest BCUT2D eigenvalue weighted by Crippen LogP contribution is -2.64. The van der Waals surface area contributed by atoms with Crippen molar-refractivity contribution < 1.29 is 9.53 Å². The average molecular weight is 542 g/mol. The summed E-state index contributed by atoms with van der Waals surface area (Å²) in [6, 6.07) is 10.1. The van der Waals surface area contributed by atoms with E-state index in [1.807, 2.05) is 30.5 Å². The number of hydrogen-bond donors (Lipinski definition) is 2. The number of pyridine rings is 1. The first-order chi connectivity index (χ1) is 18.9. The van der Waals surface area contributed by atoms with Crippen molar-refractivity contribution in [1.29, 1.82) is 5.26 Å². The number of nitrogens with zero attached hydrogens (tertiary/aromatic N) is 7. The fraction of sp³-hybridized carbons (Fsp3) is 0.407. The molecule has 1 saturated carbocycles. The standard InChI is InChI=1S/C27H27N9O2S/c1-15(37)31-24-17-6-18(24)12-35(11-17)26-34-33-25(39-26)20-10-29-22(7-21(20)32-27(2)13-38-14-27)23-4-3-19-5-16(8-28)9-30-36(19)23/h3-5,7,9-10,17-18,24H,6,11-14H2,1-2H3,(H,29,32)(H,31,37). The maximum atomic E-state index is 11.6. The van der Waals surface area contributed by atoms with Crippen LogP contribution in [-0.2, 0) is 9.53 Å². The first-order valence-electron chi connectivity index (χ1n) is 13.0. The Bertz CT molecular complexity index is 1620. The van der Waals surface area contributed by atoms with Gasteiger partial charge in [-0.05, 0) is 49.4 Å².